The fourth-order valence-corrected chi connectivity index (χ4v) is 1.38. The van der Waals surface area contributed by atoms with Crippen molar-refractivity contribution in [1.82, 2.24) is 4.90 Å². The summed E-state index contributed by atoms with van der Waals surface area (Å²) in [5.74, 6) is 0. The molecule has 0 atom stereocenters. The van der Waals surface area contributed by atoms with Gasteiger partial charge in [0, 0.05) is 25.0 Å². The maximum atomic E-state index is 3.90. The van der Waals surface area contributed by atoms with Crippen molar-refractivity contribution in [2.75, 3.05) is 13.1 Å². The van der Waals surface area contributed by atoms with Crippen molar-refractivity contribution in [3.8, 4) is 0 Å². The van der Waals surface area contributed by atoms with E-state index >= 15 is 0 Å². The summed E-state index contributed by atoms with van der Waals surface area (Å²) >= 11 is 0. The van der Waals surface area contributed by atoms with Crippen molar-refractivity contribution >= 4 is 6.21 Å². The molecular weight excluding hydrogens is 124 g/mol. The topological polar surface area (TPSA) is 15.6 Å². The Morgan fingerprint density at radius 3 is 2.80 bits per heavy atom. The van der Waals surface area contributed by atoms with E-state index in [1.54, 1.807) is 6.21 Å². The second-order valence-corrected chi connectivity index (χ2v) is 2.64. The van der Waals surface area contributed by atoms with Gasteiger partial charge < -0.3 is 4.90 Å². The average molecular weight is 134 g/mol. The first kappa shape index (κ1) is 5.96. The zero-order valence-corrected chi connectivity index (χ0v) is 5.88. The minimum absolute atomic E-state index is 1.16. The Kier molecular flexibility index (Phi) is 1.46. The summed E-state index contributed by atoms with van der Waals surface area (Å²) < 4.78 is 0. The highest BCUT2D eigenvalue weighted by atomic mass is 15.2. The van der Waals surface area contributed by atoms with Gasteiger partial charge in [-0.15, -0.1) is 0 Å². The third kappa shape index (κ3) is 0.939. The molecule has 2 heterocycles. The largest absolute Gasteiger partial charge is 0.373 e. The Balaban J connectivity index is 1.99. The Hall–Kier alpha value is -0.790. The fraction of sp³-hybridized carbons (Fsp3) is 0.500. The lowest BCUT2D eigenvalue weighted by Crippen LogP contribution is -2.17. The number of hydrogen-bond donors (Lipinski definition) is 0. The molecule has 0 N–H and O–H groups in total. The highest BCUT2D eigenvalue weighted by Crippen LogP contribution is 2.18. The summed E-state index contributed by atoms with van der Waals surface area (Å²) in [6.07, 6.45) is 6.46. The molecule has 0 bridgehead atoms. The van der Waals surface area contributed by atoms with Gasteiger partial charge >= 0.3 is 0 Å². The molecule has 2 rings (SSSR count). The summed E-state index contributed by atoms with van der Waals surface area (Å²) in [6.45, 7) is 5.32. The minimum atomic E-state index is 1.16. The molecule has 2 radical (unpaired) electrons. The molecule has 0 aromatic carbocycles. The lowest BCUT2D eigenvalue weighted by atomic mass is 10.4. The molecule has 0 saturated carbocycles. The average Bonchev–Trinajstić information content (AvgIpc) is 2.59. The van der Waals surface area contributed by atoms with Crippen molar-refractivity contribution in [3.63, 3.8) is 0 Å². The zero-order valence-electron chi connectivity index (χ0n) is 5.88. The zero-order chi connectivity index (χ0) is 6.81. The van der Waals surface area contributed by atoms with E-state index in [1.807, 2.05) is 6.08 Å². The number of hydrogen-bond acceptors (Lipinski definition) is 2. The molecule has 0 unspecified atom stereocenters. The van der Waals surface area contributed by atoms with Crippen LogP contribution in [0.15, 0.2) is 16.8 Å². The molecular formula is C8H10N2. The van der Waals surface area contributed by atoms with Gasteiger partial charge in [0.05, 0.1) is 0 Å². The molecule has 0 spiro atoms. The summed E-state index contributed by atoms with van der Waals surface area (Å²) in [5, 5.41) is 0. The standard InChI is InChI=1S/C8H10N2/c1-2-6-10(5-1)8-3-4-9-7-8/h3-4H,1-2,5-6H2. The molecule has 2 aliphatic heterocycles. The van der Waals surface area contributed by atoms with E-state index in [0.717, 1.165) is 5.70 Å². The van der Waals surface area contributed by atoms with Crippen molar-refractivity contribution in [1.29, 1.82) is 0 Å². The highest BCUT2D eigenvalue weighted by molar-refractivity contribution is 5.76. The Morgan fingerprint density at radius 1 is 1.40 bits per heavy atom. The Morgan fingerprint density at radius 2 is 2.20 bits per heavy atom. The first-order chi connectivity index (χ1) is 4.97. The molecule has 1 saturated heterocycles. The maximum Gasteiger partial charge on any atom is 0.167 e. The van der Waals surface area contributed by atoms with E-state index in [1.165, 1.54) is 25.9 Å². The van der Waals surface area contributed by atoms with Gasteiger partial charge in [0.1, 0.15) is 0 Å². The summed E-state index contributed by atoms with van der Waals surface area (Å²) in [7, 11) is 0. The van der Waals surface area contributed by atoms with Crippen LogP contribution in [0.4, 0.5) is 0 Å². The summed E-state index contributed by atoms with van der Waals surface area (Å²) in [4.78, 5) is 6.23. The first-order valence-electron chi connectivity index (χ1n) is 3.71. The van der Waals surface area contributed by atoms with E-state index in [0.29, 0.717) is 0 Å². The number of allylic oxidation sites excluding steroid dienone is 1. The second kappa shape index (κ2) is 2.45. The molecule has 0 aliphatic carbocycles. The van der Waals surface area contributed by atoms with Crippen LogP contribution in [0.3, 0.4) is 0 Å². The van der Waals surface area contributed by atoms with E-state index in [4.69, 9.17) is 0 Å². The smallest absolute Gasteiger partial charge is 0.167 e. The molecule has 0 aromatic heterocycles. The molecule has 2 nitrogen and oxygen atoms in total. The molecule has 2 aliphatic rings. The summed E-state index contributed by atoms with van der Waals surface area (Å²) in [5.41, 5.74) is 1.16. The molecule has 10 heavy (non-hydrogen) atoms. The van der Waals surface area contributed by atoms with Gasteiger partial charge in [-0.2, -0.15) is 0 Å². The molecule has 1 fully saturated rings. The molecule has 0 amide bonds. The normalized spacial score (nSPS) is 24.0. The van der Waals surface area contributed by atoms with E-state index < -0.39 is 0 Å². The Bertz CT molecular complexity index is 176. The van der Waals surface area contributed by atoms with E-state index in [9.17, 15) is 0 Å². The van der Waals surface area contributed by atoms with Gasteiger partial charge in [0.15, 0.2) is 6.54 Å². The van der Waals surface area contributed by atoms with Gasteiger partial charge in [0.25, 0.3) is 0 Å². The lowest BCUT2D eigenvalue weighted by molar-refractivity contribution is 0.434. The predicted octanol–water partition coefficient (Wildman–Crippen LogP) is 1.09. The third-order valence-electron chi connectivity index (χ3n) is 1.93. The third-order valence-corrected chi connectivity index (χ3v) is 1.93. The van der Waals surface area contributed by atoms with Crippen molar-refractivity contribution in [2.24, 2.45) is 4.99 Å². The quantitative estimate of drug-likeness (QED) is 0.524. The van der Waals surface area contributed by atoms with Gasteiger partial charge in [-0.25, -0.2) is 0 Å². The van der Waals surface area contributed by atoms with Crippen LogP contribution in [0, 0.1) is 6.54 Å². The van der Waals surface area contributed by atoms with Crippen LogP contribution in [0.5, 0.6) is 0 Å². The van der Waals surface area contributed by atoms with Crippen LogP contribution >= 0.6 is 0 Å². The number of likely N-dealkylation sites (tertiary alicyclic amines) is 1. The van der Waals surface area contributed by atoms with Crippen LogP contribution < -0.4 is 0 Å². The first-order valence-corrected chi connectivity index (χ1v) is 3.71. The van der Waals surface area contributed by atoms with Crippen LogP contribution in [-0.4, -0.2) is 24.2 Å². The highest BCUT2D eigenvalue weighted by Gasteiger charge is 2.15. The summed E-state index contributed by atoms with van der Waals surface area (Å²) in [6, 6.07) is 0. The van der Waals surface area contributed by atoms with E-state index in [2.05, 4.69) is 16.4 Å². The van der Waals surface area contributed by atoms with Crippen LogP contribution in [-0.2, 0) is 0 Å². The fourth-order valence-electron chi connectivity index (χ4n) is 1.38. The molecule has 2 heteroatoms. The number of rotatable bonds is 1. The lowest BCUT2D eigenvalue weighted by Gasteiger charge is -2.16. The van der Waals surface area contributed by atoms with Gasteiger partial charge in [-0.05, 0) is 18.9 Å². The molecule has 52 valence electrons. The van der Waals surface area contributed by atoms with Crippen molar-refractivity contribution in [3.05, 3.63) is 18.3 Å². The minimum Gasteiger partial charge on any atom is -0.373 e. The SMILES string of the molecule is [C]1N=CC=C1N1CCCC1. The Labute approximate surface area is 61.2 Å². The van der Waals surface area contributed by atoms with Crippen LogP contribution in [0.1, 0.15) is 12.8 Å². The van der Waals surface area contributed by atoms with E-state index in [-0.39, 0.29) is 0 Å². The van der Waals surface area contributed by atoms with Gasteiger partial charge in [-0.1, -0.05) is 0 Å². The number of aliphatic imine (C=N–C) groups is 1. The van der Waals surface area contributed by atoms with Crippen LogP contribution in [0.25, 0.3) is 0 Å². The maximum absolute atomic E-state index is 3.90. The van der Waals surface area contributed by atoms with Crippen molar-refractivity contribution in [2.45, 2.75) is 12.8 Å². The predicted molar refractivity (Wildman–Crippen MR) is 40.6 cm³/mol. The van der Waals surface area contributed by atoms with Gasteiger partial charge in [0.2, 0.25) is 0 Å². The molecule has 0 aromatic rings. The van der Waals surface area contributed by atoms with Gasteiger partial charge in [-0.3, -0.25) is 4.99 Å². The second-order valence-electron chi connectivity index (χ2n) is 2.64. The monoisotopic (exact) mass is 134 g/mol. The van der Waals surface area contributed by atoms with Crippen molar-refractivity contribution < 1.29 is 0 Å². The number of nitrogens with zero attached hydrogens (tertiary/aromatic N) is 2. The van der Waals surface area contributed by atoms with Crippen LogP contribution in [0.2, 0.25) is 0 Å².